The Hall–Kier alpha value is -2.85. The van der Waals surface area contributed by atoms with Crippen LogP contribution in [0.15, 0.2) is 36.4 Å². The molecule has 0 unspecified atom stereocenters. The largest absolute Gasteiger partial charge is 0.565 e. The average molecular weight is 409 g/mol. The van der Waals surface area contributed by atoms with E-state index in [0.29, 0.717) is 18.8 Å². The molecular weight excluding hydrogens is 390 g/mol. The molecule has 1 N–H and O–H groups in total. The van der Waals surface area contributed by atoms with Crippen LogP contribution in [0, 0.1) is 17.5 Å². The van der Waals surface area contributed by atoms with Crippen LogP contribution in [0.1, 0.15) is 5.56 Å². The molecule has 0 radical (unpaired) electrons. The molecule has 2 rings (SSSR count). The van der Waals surface area contributed by atoms with E-state index in [1.54, 1.807) is 12.1 Å². The fourth-order valence-electron chi connectivity index (χ4n) is 2.41. The van der Waals surface area contributed by atoms with E-state index in [1.165, 1.54) is 24.1 Å². The van der Waals surface area contributed by atoms with Crippen molar-refractivity contribution in [3.8, 4) is 5.75 Å². The Balaban J connectivity index is 1.95. The number of rotatable bonds is 10. The van der Waals surface area contributed by atoms with E-state index >= 15 is 0 Å². The topological polar surface area (TPSA) is 76.1 Å². The van der Waals surface area contributed by atoms with Crippen molar-refractivity contribution in [2.24, 2.45) is 0 Å². The lowest BCUT2D eigenvalue weighted by atomic mass is 9.79. The molecule has 0 amide bonds. The standard InChI is InChI=1S/C19H19BF3NO5/c1-24(7-8-25)12-19(26)29-20(27)15-10-17(23)18(11-16(15)22)28-9-6-13-2-4-14(21)5-3-13/h2-5,8,10-11,27H,6-7,9,12H2,1H3. The summed E-state index contributed by atoms with van der Waals surface area (Å²) >= 11 is 0. The van der Waals surface area contributed by atoms with Crippen LogP contribution < -0.4 is 10.2 Å². The highest BCUT2D eigenvalue weighted by molar-refractivity contribution is 6.61. The third-order valence-electron chi connectivity index (χ3n) is 3.91. The van der Waals surface area contributed by atoms with Crippen LogP contribution in [0.4, 0.5) is 13.2 Å². The van der Waals surface area contributed by atoms with Gasteiger partial charge in [0.1, 0.15) is 17.9 Å². The van der Waals surface area contributed by atoms with Gasteiger partial charge in [0.05, 0.1) is 19.7 Å². The summed E-state index contributed by atoms with van der Waals surface area (Å²) in [6, 6.07) is 7.08. The first-order chi connectivity index (χ1) is 13.8. The molecule has 0 saturated heterocycles. The molecule has 2 aromatic rings. The maximum Gasteiger partial charge on any atom is 0.565 e. The van der Waals surface area contributed by atoms with Crippen LogP contribution in [-0.2, 0) is 20.7 Å². The molecule has 0 fully saturated rings. The zero-order valence-corrected chi connectivity index (χ0v) is 15.6. The Morgan fingerprint density at radius 1 is 1.17 bits per heavy atom. The van der Waals surface area contributed by atoms with Crippen molar-refractivity contribution < 1.29 is 37.2 Å². The number of benzene rings is 2. The molecule has 0 heterocycles. The van der Waals surface area contributed by atoms with Crippen molar-refractivity contribution in [1.82, 2.24) is 4.90 Å². The summed E-state index contributed by atoms with van der Waals surface area (Å²) in [4.78, 5) is 23.3. The molecule has 0 saturated carbocycles. The summed E-state index contributed by atoms with van der Waals surface area (Å²) in [5, 5.41) is 9.87. The predicted octanol–water partition coefficient (Wildman–Crippen LogP) is 1.09. The van der Waals surface area contributed by atoms with Gasteiger partial charge in [0.15, 0.2) is 11.6 Å². The molecule has 6 nitrogen and oxygen atoms in total. The third-order valence-corrected chi connectivity index (χ3v) is 3.91. The number of carbonyl (C=O) groups is 2. The van der Waals surface area contributed by atoms with Gasteiger partial charge in [-0.25, -0.2) is 13.2 Å². The molecule has 0 aromatic heterocycles. The van der Waals surface area contributed by atoms with Gasteiger partial charge in [0, 0.05) is 17.9 Å². The number of nitrogens with zero attached hydrogens (tertiary/aromatic N) is 1. The van der Waals surface area contributed by atoms with E-state index in [4.69, 9.17) is 4.74 Å². The first-order valence-corrected chi connectivity index (χ1v) is 8.66. The highest BCUT2D eigenvalue weighted by Gasteiger charge is 2.28. The van der Waals surface area contributed by atoms with E-state index in [9.17, 15) is 27.8 Å². The van der Waals surface area contributed by atoms with Crippen LogP contribution in [0.25, 0.3) is 0 Å². The Bertz CT molecular complexity index is 850. The van der Waals surface area contributed by atoms with Gasteiger partial charge in [-0.1, -0.05) is 12.1 Å². The molecule has 10 heteroatoms. The zero-order chi connectivity index (χ0) is 21.4. The second kappa shape index (κ2) is 10.6. The highest BCUT2D eigenvalue weighted by Crippen LogP contribution is 2.18. The number of ether oxygens (including phenoxy) is 1. The lowest BCUT2D eigenvalue weighted by Gasteiger charge is -2.15. The number of hydrogen-bond acceptors (Lipinski definition) is 6. The second-order valence-corrected chi connectivity index (χ2v) is 6.23. The highest BCUT2D eigenvalue weighted by atomic mass is 19.1. The van der Waals surface area contributed by atoms with Gasteiger partial charge in [-0.15, -0.1) is 0 Å². The molecule has 29 heavy (non-hydrogen) atoms. The summed E-state index contributed by atoms with van der Waals surface area (Å²) in [6.07, 6.45) is 0.922. The zero-order valence-electron chi connectivity index (χ0n) is 15.6. The minimum Gasteiger partial charge on any atom is -0.505 e. The summed E-state index contributed by atoms with van der Waals surface area (Å²) in [5.41, 5.74) is 0.186. The molecule has 2 aromatic carbocycles. The van der Waals surface area contributed by atoms with Crippen molar-refractivity contribution in [1.29, 1.82) is 0 Å². The first-order valence-electron chi connectivity index (χ1n) is 8.66. The lowest BCUT2D eigenvalue weighted by Crippen LogP contribution is -2.41. The minimum absolute atomic E-state index is 0.0158. The monoisotopic (exact) mass is 409 g/mol. The third kappa shape index (κ3) is 6.92. The van der Waals surface area contributed by atoms with E-state index in [0.717, 1.165) is 11.6 Å². The fourth-order valence-corrected chi connectivity index (χ4v) is 2.41. The SMILES string of the molecule is CN(CC=O)CC(=O)OB(O)c1cc(F)c(OCCc2ccc(F)cc2)cc1F. The van der Waals surface area contributed by atoms with Gasteiger partial charge in [0.2, 0.25) is 0 Å². The summed E-state index contributed by atoms with van der Waals surface area (Å²) in [5.74, 6) is -3.65. The van der Waals surface area contributed by atoms with Crippen LogP contribution in [0.5, 0.6) is 5.75 Å². The van der Waals surface area contributed by atoms with Gasteiger partial charge in [-0.2, -0.15) is 0 Å². The van der Waals surface area contributed by atoms with Gasteiger partial charge in [0.25, 0.3) is 0 Å². The summed E-state index contributed by atoms with van der Waals surface area (Å²) in [6.45, 7) is -0.329. The van der Waals surface area contributed by atoms with E-state index in [2.05, 4.69) is 4.65 Å². The van der Waals surface area contributed by atoms with Crippen LogP contribution in [-0.4, -0.2) is 56.0 Å². The molecule has 0 atom stereocenters. The molecule has 0 aliphatic heterocycles. The summed E-state index contributed by atoms with van der Waals surface area (Å²) in [7, 11) is -0.546. The first kappa shape index (κ1) is 22.4. The number of halogens is 3. The maximum atomic E-state index is 14.2. The average Bonchev–Trinajstić information content (AvgIpc) is 2.65. The van der Waals surface area contributed by atoms with E-state index in [-0.39, 0.29) is 31.3 Å². The van der Waals surface area contributed by atoms with Gasteiger partial charge in [-0.3, -0.25) is 9.69 Å². The van der Waals surface area contributed by atoms with Crippen molar-refractivity contribution in [2.45, 2.75) is 6.42 Å². The molecule has 0 aliphatic rings. The molecule has 0 aliphatic carbocycles. The van der Waals surface area contributed by atoms with E-state index < -0.39 is 30.2 Å². The van der Waals surface area contributed by atoms with Crippen molar-refractivity contribution in [2.75, 3.05) is 26.7 Å². The Labute approximate surface area is 166 Å². The summed E-state index contributed by atoms with van der Waals surface area (Å²) < 4.78 is 51.1. The van der Waals surface area contributed by atoms with Crippen molar-refractivity contribution in [3.63, 3.8) is 0 Å². The van der Waals surface area contributed by atoms with Crippen LogP contribution in [0.3, 0.4) is 0 Å². The Morgan fingerprint density at radius 3 is 2.52 bits per heavy atom. The molecule has 0 spiro atoms. The minimum atomic E-state index is -2.02. The second-order valence-electron chi connectivity index (χ2n) is 6.23. The number of carbonyl (C=O) groups excluding carboxylic acids is 2. The number of aldehydes is 1. The number of likely N-dealkylation sites (N-methyl/N-ethyl adjacent to an activating group) is 1. The fraction of sp³-hybridized carbons (Fsp3) is 0.263. The predicted molar refractivity (Wildman–Crippen MR) is 99.2 cm³/mol. The molecule has 0 bridgehead atoms. The maximum absolute atomic E-state index is 14.2. The molecular formula is C19H19BF3NO5. The van der Waals surface area contributed by atoms with Crippen LogP contribution in [0.2, 0.25) is 0 Å². The van der Waals surface area contributed by atoms with E-state index in [1.807, 2.05) is 0 Å². The normalized spacial score (nSPS) is 10.7. The molecule has 154 valence electrons. The quantitative estimate of drug-likeness (QED) is 0.468. The van der Waals surface area contributed by atoms with Gasteiger partial charge >= 0.3 is 13.1 Å². The number of hydrogen-bond donors (Lipinski definition) is 1. The Morgan fingerprint density at radius 2 is 1.86 bits per heavy atom. The lowest BCUT2D eigenvalue weighted by molar-refractivity contribution is -0.136. The van der Waals surface area contributed by atoms with Crippen molar-refractivity contribution >= 4 is 24.8 Å². The smallest absolute Gasteiger partial charge is 0.505 e. The van der Waals surface area contributed by atoms with Gasteiger partial charge in [-0.05, 0) is 30.8 Å². The van der Waals surface area contributed by atoms with Crippen molar-refractivity contribution in [3.05, 3.63) is 59.4 Å². The van der Waals surface area contributed by atoms with Gasteiger partial charge < -0.3 is 19.2 Å². The Kier molecular flexibility index (Phi) is 8.23. The van der Waals surface area contributed by atoms with Crippen LogP contribution >= 0.6 is 0 Å².